The molecule has 2 rings (SSSR count). The maximum Gasteiger partial charge on any atom is 0.340 e. The van der Waals surface area contributed by atoms with Crippen molar-refractivity contribution in [3.8, 4) is 0 Å². The maximum atomic E-state index is 11.8. The molecule has 20 heavy (non-hydrogen) atoms. The summed E-state index contributed by atoms with van der Waals surface area (Å²) in [6, 6.07) is 15.3. The number of nitrogen functional groups attached to an aromatic ring is 1. The van der Waals surface area contributed by atoms with Gasteiger partial charge >= 0.3 is 5.97 Å². The Morgan fingerprint density at radius 2 is 1.85 bits per heavy atom. The van der Waals surface area contributed by atoms with Crippen molar-refractivity contribution < 1.29 is 9.53 Å². The molecule has 2 N–H and O–H groups in total. The van der Waals surface area contributed by atoms with E-state index in [1.165, 1.54) is 7.11 Å². The number of carbonyl (C=O) groups is 1. The van der Waals surface area contributed by atoms with Crippen LogP contribution in [0.1, 0.15) is 15.9 Å². The van der Waals surface area contributed by atoms with E-state index in [2.05, 4.69) is 0 Å². The molecular weight excluding hydrogens is 252 g/mol. The van der Waals surface area contributed by atoms with Crippen molar-refractivity contribution in [2.75, 3.05) is 24.8 Å². The molecule has 0 aromatic heterocycles. The number of nitrogens with zero attached hydrogens (tertiary/aromatic N) is 1. The first kappa shape index (κ1) is 13.9. The van der Waals surface area contributed by atoms with E-state index in [1.54, 1.807) is 18.2 Å². The minimum atomic E-state index is -0.382. The van der Waals surface area contributed by atoms with E-state index in [0.717, 1.165) is 5.56 Å². The van der Waals surface area contributed by atoms with Crippen LogP contribution in [0, 0.1) is 0 Å². The van der Waals surface area contributed by atoms with E-state index in [4.69, 9.17) is 10.5 Å². The van der Waals surface area contributed by atoms with Crippen molar-refractivity contribution in [2.45, 2.75) is 6.54 Å². The summed E-state index contributed by atoms with van der Waals surface area (Å²) in [6.07, 6.45) is 0. The van der Waals surface area contributed by atoms with Crippen LogP contribution in [0.4, 0.5) is 11.4 Å². The molecule has 0 aliphatic carbocycles. The number of para-hydroxylation sites is 1. The summed E-state index contributed by atoms with van der Waals surface area (Å²) in [5.74, 6) is -0.382. The van der Waals surface area contributed by atoms with Gasteiger partial charge in [-0.1, -0.05) is 36.4 Å². The fourth-order valence-corrected chi connectivity index (χ4v) is 2.20. The monoisotopic (exact) mass is 270 g/mol. The Balaban J connectivity index is 2.34. The molecule has 0 spiro atoms. The Morgan fingerprint density at radius 3 is 2.50 bits per heavy atom. The molecule has 4 heteroatoms. The molecule has 0 amide bonds. The number of rotatable bonds is 4. The van der Waals surface area contributed by atoms with Crippen LogP contribution in [0.25, 0.3) is 0 Å². The quantitative estimate of drug-likeness (QED) is 0.685. The molecule has 104 valence electrons. The van der Waals surface area contributed by atoms with Crippen molar-refractivity contribution in [1.29, 1.82) is 0 Å². The largest absolute Gasteiger partial charge is 0.465 e. The first-order valence-corrected chi connectivity index (χ1v) is 6.35. The van der Waals surface area contributed by atoms with Gasteiger partial charge in [-0.3, -0.25) is 0 Å². The number of anilines is 2. The molecule has 2 aromatic rings. The number of hydrogen-bond acceptors (Lipinski definition) is 4. The third kappa shape index (κ3) is 2.91. The molecule has 2 aromatic carbocycles. The van der Waals surface area contributed by atoms with Crippen molar-refractivity contribution in [2.24, 2.45) is 0 Å². The number of carbonyl (C=O) groups excluding carboxylic acids is 1. The summed E-state index contributed by atoms with van der Waals surface area (Å²) in [5, 5.41) is 0. The minimum absolute atomic E-state index is 0.382. The summed E-state index contributed by atoms with van der Waals surface area (Å²) in [4.78, 5) is 13.8. The lowest BCUT2D eigenvalue weighted by Crippen LogP contribution is -2.21. The van der Waals surface area contributed by atoms with Crippen LogP contribution in [0.3, 0.4) is 0 Å². The van der Waals surface area contributed by atoms with Gasteiger partial charge in [-0.25, -0.2) is 4.79 Å². The normalized spacial score (nSPS) is 10.1. The Hall–Kier alpha value is -2.49. The lowest BCUT2D eigenvalue weighted by molar-refractivity contribution is 0.0601. The summed E-state index contributed by atoms with van der Waals surface area (Å²) in [5.41, 5.74) is 8.90. The summed E-state index contributed by atoms with van der Waals surface area (Å²) >= 11 is 0. The van der Waals surface area contributed by atoms with Crippen LogP contribution in [0.15, 0.2) is 48.5 Å². The molecule has 0 saturated heterocycles. The predicted octanol–water partition coefficient (Wildman–Crippen LogP) is 2.69. The van der Waals surface area contributed by atoms with E-state index in [9.17, 15) is 4.79 Å². The van der Waals surface area contributed by atoms with Gasteiger partial charge in [0.05, 0.1) is 24.0 Å². The first-order valence-electron chi connectivity index (χ1n) is 6.35. The van der Waals surface area contributed by atoms with Crippen LogP contribution < -0.4 is 10.6 Å². The van der Waals surface area contributed by atoms with E-state index >= 15 is 0 Å². The summed E-state index contributed by atoms with van der Waals surface area (Å²) in [7, 11) is 3.28. The highest BCUT2D eigenvalue weighted by molar-refractivity contribution is 5.99. The van der Waals surface area contributed by atoms with Crippen molar-refractivity contribution >= 4 is 17.3 Å². The molecule has 4 nitrogen and oxygen atoms in total. The highest BCUT2D eigenvalue weighted by Gasteiger charge is 2.17. The Morgan fingerprint density at radius 1 is 1.15 bits per heavy atom. The average molecular weight is 270 g/mol. The van der Waals surface area contributed by atoms with Crippen molar-refractivity contribution in [3.63, 3.8) is 0 Å². The van der Waals surface area contributed by atoms with Crippen molar-refractivity contribution in [3.05, 3.63) is 59.7 Å². The molecule has 0 aliphatic rings. The third-order valence-corrected chi connectivity index (χ3v) is 3.12. The van der Waals surface area contributed by atoms with Gasteiger partial charge in [0, 0.05) is 13.6 Å². The first-order chi connectivity index (χ1) is 9.63. The topological polar surface area (TPSA) is 55.6 Å². The van der Waals surface area contributed by atoms with Crippen LogP contribution in [0.5, 0.6) is 0 Å². The smallest absolute Gasteiger partial charge is 0.340 e. The van der Waals surface area contributed by atoms with Gasteiger partial charge in [-0.2, -0.15) is 0 Å². The number of methoxy groups -OCH3 is 1. The maximum absolute atomic E-state index is 11.8. The van der Waals surface area contributed by atoms with Gasteiger partial charge < -0.3 is 15.4 Å². The average Bonchev–Trinajstić information content (AvgIpc) is 2.47. The van der Waals surface area contributed by atoms with Crippen LogP contribution >= 0.6 is 0 Å². The molecule has 0 bridgehead atoms. The minimum Gasteiger partial charge on any atom is -0.465 e. The van der Waals surface area contributed by atoms with Gasteiger partial charge in [-0.15, -0.1) is 0 Å². The van der Waals surface area contributed by atoms with Gasteiger partial charge in [0.2, 0.25) is 0 Å². The third-order valence-electron chi connectivity index (χ3n) is 3.12. The predicted molar refractivity (Wildman–Crippen MR) is 80.7 cm³/mol. The molecule has 0 saturated carbocycles. The van der Waals surface area contributed by atoms with E-state index in [-0.39, 0.29) is 5.97 Å². The van der Waals surface area contributed by atoms with E-state index in [0.29, 0.717) is 23.5 Å². The molecule has 0 atom stereocenters. The van der Waals surface area contributed by atoms with E-state index in [1.807, 2.05) is 42.3 Å². The Kier molecular flexibility index (Phi) is 4.25. The summed E-state index contributed by atoms with van der Waals surface area (Å²) < 4.78 is 4.81. The number of hydrogen-bond donors (Lipinski definition) is 1. The highest BCUT2D eigenvalue weighted by atomic mass is 16.5. The van der Waals surface area contributed by atoms with Crippen LogP contribution in [0.2, 0.25) is 0 Å². The number of esters is 1. The molecule has 0 aliphatic heterocycles. The van der Waals surface area contributed by atoms with Crippen molar-refractivity contribution in [1.82, 2.24) is 0 Å². The molecule has 0 unspecified atom stereocenters. The zero-order valence-electron chi connectivity index (χ0n) is 11.7. The van der Waals surface area contributed by atoms with Gasteiger partial charge in [-0.05, 0) is 17.7 Å². The summed E-state index contributed by atoms with van der Waals surface area (Å²) in [6.45, 7) is 0.666. The molecule has 0 heterocycles. The van der Waals surface area contributed by atoms with E-state index < -0.39 is 0 Å². The van der Waals surface area contributed by atoms with Crippen LogP contribution in [-0.4, -0.2) is 20.1 Å². The lowest BCUT2D eigenvalue weighted by Gasteiger charge is -2.23. The highest BCUT2D eigenvalue weighted by Crippen LogP contribution is 2.28. The second kappa shape index (κ2) is 6.10. The SMILES string of the molecule is COC(=O)c1cccc(N)c1N(C)Cc1ccccc1. The number of nitrogens with two attached hydrogens (primary N) is 1. The second-order valence-electron chi connectivity index (χ2n) is 4.58. The lowest BCUT2D eigenvalue weighted by atomic mass is 10.1. The molecule has 0 fully saturated rings. The van der Waals surface area contributed by atoms with Gasteiger partial charge in [0.15, 0.2) is 0 Å². The van der Waals surface area contributed by atoms with Gasteiger partial charge in [0.25, 0.3) is 0 Å². The Labute approximate surface area is 118 Å². The van der Waals surface area contributed by atoms with Crippen LogP contribution in [-0.2, 0) is 11.3 Å². The zero-order chi connectivity index (χ0) is 14.5. The van der Waals surface area contributed by atoms with Gasteiger partial charge in [0.1, 0.15) is 0 Å². The second-order valence-corrected chi connectivity index (χ2v) is 4.58. The fourth-order valence-electron chi connectivity index (χ4n) is 2.20. The standard InChI is InChI=1S/C16H18N2O2/c1-18(11-12-7-4-3-5-8-12)15-13(16(19)20-2)9-6-10-14(15)17/h3-10H,11,17H2,1-2H3. The Bertz CT molecular complexity index is 597. The number of benzene rings is 2. The number of ether oxygens (including phenoxy) is 1. The fraction of sp³-hybridized carbons (Fsp3) is 0.188. The molecular formula is C16H18N2O2. The molecule has 0 radical (unpaired) electrons. The zero-order valence-corrected chi connectivity index (χ0v) is 11.7.